The SMILES string of the molecule is Cc1nc2c(c(N3CCC3)n1)CN(C(=O)CCc1ccc(F)c(Cl)c1)C2. The van der Waals surface area contributed by atoms with Gasteiger partial charge in [0.05, 0.1) is 23.8 Å². The highest BCUT2D eigenvalue weighted by Crippen LogP contribution is 2.32. The maximum Gasteiger partial charge on any atom is 0.223 e. The lowest BCUT2D eigenvalue weighted by molar-refractivity contribution is -0.131. The zero-order valence-electron chi connectivity index (χ0n) is 14.6. The standard InChI is InChI=1S/C19H20ClFN4O/c1-12-22-17-11-25(10-14(17)19(23-12)24-7-2-8-24)18(26)6-4-13-3-5-16(21)15(20)9-13/h3,5,9H,2,4,6-8,10-11H2,1H3. The largest absolute Gasteiger partial charge is 0.356 e. The van der Waals surface area contributed by atoms with E-state index in [1.54, 1.807) is 12.1 Å². The quantitative estimate of drug-likeness (QED) is 0.824. The fourth-order valence-corrected chi connectivity index (χ4v) is 3.63. The molecule has 1 fully saturated rings. The van der Waals surface area contributed by atoms with Gasteiger partial charge < -0.3 is 9.80 Å². The van der Waals surface area contributed by atoms with Gasteiger partial charge in [-0.15, -0.1) is 0 Å². The number of aryl methyl sites for hydroxylation is 2. The lowest BCUT2D eigenvalue weighted by Gasteiger charge is -2.33. The summed E-state index contributed by atoms with van der Waals surface area (Å²) in [6.45, 7) is 5.02. The van der Waals surface area contributed by atoms with E-state index >= 15 is 0 Å². The predicted octanol–water partition coefficient (Wildman–Crippen LogP) is 3.26. The zero-order chi connectivity index (χ0) is 18.3. The van der Waals surface area contributed by atoms with Crippen molar-refractivity contribution >= 4 is 23.3 Å². The van der Waals surface area contributed by atoms with E-state index in [0.717, 1.165) is 41.6 Å². The van der Waals surface area contributed by atoms with Crippen molar-refractivity contribution in [2.45, 2.75) is 39.3 Å². The molecule has 7 heteroatoms. The topological polar surface area (TPSA) is 49.3 Å². The van der Waals surface area contributed by atoms with E-state index < -0.39 is 5.82 Å². The van der Waals surface area contributed by atoms with Crippen molar-refractivity contribution in [3.8, 4) is 0 Å². The Kier molecular flexibility index (Phi) is 4.53. The number of anilines is 1. The van der Waals surface area contributed by atoms with Crippen LogP contribution in [0.15, 0.2) is 18.2 Å². The van der Waals surface area contributed by atoms with Crippen molar-refractivity contribution < 1.29 is 9.18 Å². The van der Waals surface area contributed by atoms with Crippen LogP contribution in [0, 0.1) is 12.7 Å². The van der Waals surface area contributed by atoms with Crippen LogP contribution < -0.4 is 4.90 Å². The van der Waals surface area contributed by atoms with Crippen LogP contribution in [0.2, 0.25) is 5.02 Å². The normalized spacial score (nSPS) is 15.8. The van der Waals surface area contributed by atoms with E-state index in [4.69, 9.17) is 11.6 Å². The summed E-state index contributed by atoms with van der Waals surface area (Å²) in [7, 11) is 0. The van der Waals surface area contributed by atoms with Crippen molar-refractivity contribution in [3.63, 3.8) is 0 Å². The fraction of sp³-hybridized carbons (Fsp3) is 0.421. The molecule has 0 radical (unpaired) electrons. The molecule has 1 aromatic heterocycles. The van der Waals surface area contributed by atoms with Crippen LogP contribution in [0.4, 0.5) is 10.2 Å². The Balaban J connectivity index is 1.44. The molecule has 0 unspecified atom stereocenters. The Bertz CT molecular complexity index is 869. The van der Waals surface area contributed by atoms with Gasteiger partial charge in [0.2, 0.25) is 5.91 Å². The third kappa shape index (κ3) is 3.26. The summed E-state index contributed by atoms with van der Waals surface area (Å²) in [5, 5.41) is 0.0912. The molecule has 1 saturated heterocycles. The Morgan fingerprint density at radius 2 is 2.08 bits per heavy atom. The molecular weight excluding hydrogens is 355 g/mol. The second kappa shape index (κ2) is 6.83. The highest BCUT2D eigenvalue weighted by molar-refractivity contribution is 6.30. The second-order valence-electron chi connectivity index (χ2n) is 6.86. The number of carbonyl (C=O) groups is 1. The number of halogens is 2. The number of hydrogen-bond acceptors (Lipinski definition) is 4. The van der Waals surface area contributed by atoms with Crippen LogP contribution in [-0.2, 0) is 24.3 Å². The Hall–Kier alpha value is -2.21. The molecular formula is C19H20ClFN4O. The molecule has 0 spiro atoms. The Morgan fingerprint density at radius 1 is 1.27 bits per heavy atom. The van der Waals surface area contributed by atoms with Gasteiger partial charge >= 0.3 is 0 Å². The summed E-state index contributed by atoms with van der Waals surface area (Å²) in [4.78, 5) is 25.9. The first-order valence-electron chi connectivity index (χ1n) is 8.84. The van der Waals surface area contributed by atoms with Gasteiger partial charge in [0.1, 0.15) is 17.5 Å². The van der Waals surface area contributed by atoms with Crippen LogP contribution in [0.1, 0.15) is 35.5 Å². The summed E-state index contributed by atoms with van der Waals surface area (Å²) in [5.41, 5.74) is 2.89. The number of nitrogens with zero attached hydrogens (tertiary/aromatic N) is 4. The van der Waals surface area contributed by atoms with E-state index in [-0.39, 0.29) is 10.9 Å². The highest BCUT2D eigenvalue weighted by atomic mass is 35.5. The van der Waals surface area contributed by atoms with E-state index in [2.05, 4.69) is 14.9 Å². The summed E-state index contributed by atoms with van der Waals surface area (Å²) in [5.74, 6) is 1.36. The number of fused-ring (bicyclic) bond motifs is 1. The van der Waals surface area contributed by atoms with Gasteiger partial charge in [-0.25, -0.2) is 14.4 Å². The first-order valence-corrected chi connectivity index (χ1v) is 9.22. The minimum atomic E-state index is -0.441. The van der Waals surface area contributed by atoms with Crippen molar-refractivity contribution in [1.82, 2.24) is 14.9 Å². The molecule has 0 saturated carbocycles. The molecule has 2 aliphatic rings. The molecule has 26 heavy (non-hydrogen) atoms. The molecule has 1 aromatic carbocycles. The molecule has 5 nitrogen and oxygen atoms in total. The molecule has 0 bridgehead atoms. The number of hydrogen-bond donors (Lipinski definition) is 0. The molecule has 2 aliphatic heterocycles. The highest BCUT2D eigenvalue weighted by Gasteiger charge is 2.30. The summed E-state index contributed by atoms with van der Waals surface area (Å²) < 4.78 is 13.2. The summed E-state index contributed by atoms with van der Waals surface area (Å²) >= 11 is 5.81. The van der Waals surface area contributed by atoms with Gasteiger partial charge in [0, 0.05) is 25.1 Å². The molecule has 3 heterocycles. The second-order valence-corrected chi connectivity index (χ2v) is 7.27. The minimum Gasteiger partial charge on any atom is -0.356 e. The van der Waals surface area contributed by atoms with Crippen molar-refractivity contribution in [2.24, 2.45) is 0 Å². The molecule has 0 atom stereocenters. The lowest BCUT2D eigenvalue weighted by Crippen LogP contribution is -2.38. The van der Waals surface area contributed by atoms with Gasteiger partial charge in [-0.1, -0.05) is 17.7 Å². The van der Waals surface area contributed by atoms with Gasteiger partial charge in [0.15, 0.2) is 0 Å². The van der Waals surface area contributed by atoms with Crippen LogP contribution in [-0.4, -0.2) is 33.9 Å². The lowest BCUT2D eigenvalue weighted by atomic mass is 10.1. The number of benzene rings is 1. The molecule has 4 rings (SSSR count). The molecule has 1 amide bonds. The fourth-order valence-electron chi connectivity index (χ4n) is 3.43. The summed E-state index contributed by atoms with van der Waals surface area (Å²) in [6.07, 6.45) is 2.08. The Labute approximate surface area is 156 Å². The van der Waals surface area contributed by atoms with Crippen molar-refractivity contribution in [3.05, 3.63) is 51.7 Å². The van der Waals surface area contributed by atoms with E-state index in [0.29, 0.717) is 25.9 Å². The smallest absolute Gasteiger partial charge is 0.223 e. The van der Waals surface area contributed by atoms with Crippen molar-refractivity contribution in [1.29, 1.82) is 0 Å². The maximum atomic E-state index is 13.2. The molecule has 0 N–H and O–H groups in total. The third-order valence-electron chi connectivity index (χ3n) is 4.99. The number of rotatable bonds is 4. The minimum absolute atomic E-state index is 0.0654. The van der Waals surface area contributed by atoms with Gasteiger partial charge in [-0.2, -0.15) is 0 Å². The molecule has 136 valence electrons. The number of carbonyl (C=O) groups excluding carboxylic acids is 1. The van der Waals surface area contributed by atoms with Crippen LogP contribution >= 0.6 is 11.6 Å². The van der Waals surface area contributed by atoms with Gasteiger partial charge in [-0.3, -0.25) is 4.79 Å². The first kappa shape index (κ1) is 17.2. The third-order valence-corrected chi connectivity index (χ3v) is 5.28. The zero-order valence-corrected chi connectivity index (χ0v) is 15.4. The average molecular weight is 375 g/mol. The summed E-state index contributed by atoms with van der Waals surface area (Å²) in [6, 6.07) is 4.59. The van der Waals surface area contributed by atoms with E-state index in [1.165, 1.54) is 12.5 Å². The van der Waals surface area contributed by atoms with Gasteiger partial charge in [0.25, 0.3) is 0 Å². The van der Waals surface area contributed by atoms with Crippen LogP contribution in [0.25, 0.3) is 0 Å². The maximum absolute atomic E-state index is 13.2. The van der Waals surface area contributed by atoms with E-state index in [9.17, 15) is 9.18 Å². The van der Waals surface area contributed by atoms with Crippen molar-refractivity contribution in [2.75, 3.05) is 18.0 Å². The molecule has 0 aliphatic carbocycles. The van der Waals surface area contributed by atoms with Crippen LogP contribution in [0.3, 0.4) is 0 Å². The number of aromatic nitrogens is 2. The number of amides is 1. The molecule has 2 aromatic rings. The monoisotopic (exact) mass is 374 g/mol. The Morgan fingerprint density at radius 3 is 2.77 bits per heavy atom. The van der Waals surface area contributed by atoms with Gasteiger partial charge in [-0.05, 0) is 37.5 Å². The van der Waals surface area contributed by atoms with E-state index in [1.807, 2.05) is 11.8 Å². The van der Waals surface area contributed by atoms with Crippen LogP contribution in [0.5, 0.6) is 0 Å². The first-order chi connectivity index (χ1) is 12.5. The average Bonchev–Trinajstić information content (AvgIpc) is 2.98. The predicted molar refractivity (Wildman–Crippen MR) is 97.6 cm³/mol.